The van der Waals surface area contributed by atoms with Crippen LogP contribution in [0, 0.1) is 0 Å². The Labute approximate surface area is 149 Å². The van der Waals surface area contributed by atoms with Crippen molar-refractivity contribution in [1.29, 1.82) is 0 Å². The normalized spacial score (nSPS) is 19.3. The summed E-state index contributed by atoms with van der Waals surface area (Å²) in [5.74, 6) is 0.219. The van der Waals surface area contributed by atoms with E-state index in [1.165, 1.54) is 0 Å². The summed E-state index contributed by atoms with van der Waals surface area (Å²) in [7, 11) is 0. The van der Waals surface area contributed by atoms with Gasteiger partial charge >= 0.3 is 0 Å². The number of fused-ring (bicyclic) bond motifs is 2. The molecular weight excluding hydrogens is 344 g/mol. The molecule has 24 heavy (non-hydrogen) atoms. The first-order valence-corrected chi connectivity index (χ1v) is 9.12. The lowest BCUT2D eigenvalue weighted by atomic mass is 9.89. The summed E-state index contributed by atoms with van der Waals surface area (Å²) in [6.45, 7) is 0.622. The van der Waals surface area contributed by atoms with E-state index < -0.39 is 5.92 Å². The minimum atomic E-state index is -0.454. The van der Waals surface area contributed by atoms with Gasteiger partial charge in [0.1, 0.15) is 0 Å². The Hall–Kier alpha value is -1.98. The topological polar surface area (TPSA) is 49.4 Å². The van der Waals surface area contributed by atoms with E-state index in [2.05, 4.69) is 5.32 Å². The van der Waals surface area contributed by atoms with Gasteiger partial charge in [-0.25, -0.2) is 0 Å². The number of carbonyl (C=O) groups is 2. The third kappa shape index (κ3) is 2.68. The van der Waals surface area contributed by atoms with Crippen molar-refractivity contribution in [2.24, 2.45) is 0 Å². The predicted octanol–water partition coefficient (Wildman–Crippen LogP) is 3.90. The van der Waals surface area contributed by atoms with Gasteiger partial charge in [-0.1, -0.05) is 29.8 Å². The fourth-order valence-electron chi connectivity index (χ4n) is 3.24. The van der Waals surface area contributed by atoms with Gasteiger partial charge in [-0.2, -0.15) is 0 Å². The van der Waals surface area contributed by atoms with Crippen LogP contribution in [0.15, 0.2) is 47.4 Å². The van der Waals surface area contributed by atoms with Crippen LogP contribution in [0.4, 0.5) is 11.4 Å². The number of hydrogen-bond acceptors (Lipinski definition) is 3. The van der Waals surface area contributed by atoms with Crippen molar-refractivity contribution in [3.05, 3.63) is 53.1 Å². The monoisotopic (exact) mass is 358 g/mol. The molecule has 0 saturated heterocycles. The second-order valence-corrected chi connectivity index (χ2v) is 7.42. The van der Waals surface area contributed by atoms with Crippen LogP contribution in [0.5, 0.6) is 0 Å². The molecule has 1 N–H and O–H groups in total. The average molecular weight is 359 g/mol. The second kappa shape index (κ2) is 6.15. The molecule has 0 bridgehead atoms. The van der Waals surface area contributed by atoms with E-state index >= 15 is 0 Å². The Morgan fingerprint density at radius 2 is 2.08 bits per heavy atom. The highest BCUT2D eigenvalue weighted by molar-refractivity contribution is 7.99. The van der Waals surface area contributed by atoms with Crippen LogP contribution in [-0.2, 0) is 9.59 Å². The van der Waals surface area contributed by atoms with Crippen molar-refractivity contribution in [3.63, 3.8) is 0 Å². The molecule has 0 saturated carbocycles. The van der Waals surface area contributed by atoms with Gasteiger partial charge in [0.25, 0.3) is 0 Å². The smallest absolute Gasteiger partial charge is 0.235 e. The van der Waals surface area contributed by atoms with Gasteiger partial charge in [0.2, 0.25) is 11.8 Å². The summed E-state index contributed by atoms with van der Waals surface area (Å²) < 4.78 is 0. The van der Waals surface area contributed by atoms with Crippen molar-refractivity contribution in [1.82, 2.24) is 0 Å². The van der Waals surface area contributed by atoms with Gasteiger partial charge < -0.3 is 10.2 Å². The van der Waals surface area contributed by atoms with Crippen LogP contribution in [0.3, 0.4) is 0 Å². The van der Waals surface area contributed by atoms with Gasteiger partial charge in [0.15, 0.2) is 0 Å². The predicted molar refractivity (Wildman–Crippen MR) is 97.0 cm³/mol. The van der Waals surface area contributed by atoms with Crippen LogP contribution in [0.2, 0.25) is 5.02 Å². The third-order valence-corrected chi connectivity index (χ3v) is 5.63. The maximum Gasteiger partial charge on any atom is 0.235 e. The summed E-state index contributed by atoms with van der Waals surface area (Å²) in [6.07, 6.45) is 0.176. The van der Waals surface area contributed by atoms with E-state index in [-0.39, 0.29) is 18.2 Å². The number of thioether (sulfide) groups is 1. The van der Waals surface area contributed by atoms with Crippen molar-refractivity contribution < 1.29 is 9.59 Å². The lowest BCUT2D eigenvalue weighted by Gasteiger charge is -2.34. The second-order valence-electron chi connectivity index (χ2n) is 5.84. The van der Waals surface area contributed by atoms with Crippen LogP contribution in [0.1, 0.15) is 17.9 Å². The van der Waals surface area contributed by atoms with E-state index in [0.717, 1.165) is 27.6 Å². The lowest BCUT2D eigenvalue weighted by molar-refractivity contribution is -0.124. The molecule has 2 amide bonds. The Bertz CT molecular complexity index is 840. The molecule has 0 spiro atoms. The number of carbonyl (C=O) groups excluding carboxylic acids is 2. The van der Waals surface area contributed by atoms with Gasteiger partial charge in [0.05, 0.1) is 11.6 Å². The average Bonchev–Trinajstić information content (AvgIpc) is 2.59. The number of para-hydroxylation sites is 1. The molecule has 6 heteroatoms. The van der Waals surface area contributed by atoms with E-state index in [0.29, 0.717) is 11.6 Å². The molecule has 2 aromatic carbocycles. The molecule has 0 radical (unpaired) electrons. The standard InChI is InChI=1S/C18H15ClN2O2S/c19-11-5-6-16-15(9-11)21(7-8-24-16)18(23)13-10-17(22)20-14-4-2-1-3-12(13)14/h1-6,9,13H,7-8,10H2,(H,20,22). The fraction of sp³-hybridized carbons (Fsp3) is 0.222. The van der Waals surface area contributed by atoms with Crippen molar-refractivity contribution in [2.75, 3.05) is 22.5 Å². The maximum atomic E-state index is 13.2. The number of halogens is 1. The molecule has 0 fully saturated rings. The highest BCUT2D eigenvalue weighted by atomic mass is 35.5. The molecule has 122 valence electrons. The molecule has 2 heterocycles. The molecule has 1 unspecified atom stereocenters. The van der Waals surface area contributed by atoms with Crippen molar-refractivity contribution >= 4 is 46.6 Å². The fourth-order valence-corrected chi connectivity index (χ4v) is 4.38. The number of anilines is 2. The highest BCUT2D eigenvalue weighted by Gasteiger charge is 2.35. The van der Waals surface area contributed by atoms with Gasteiger partial charge in [-0.3, -0.25) is 9.59 Å². The number of hydrogen-bond donors (Lipinski definition) is 1. The van der Waals surface area contributed by atoms with Crippen LogP contribution in [-0.4, -0.2) is 24.1 Å². The zero-order valence-electron chi connectivity index (χ0n) is 12.8. The number of nitrogens with one attached hydrogen (secondary N) is 1. The Morgan fingerprint density at radius 1 is 1.25 bits per heavy atom. The molecular formula is C18H15ClN2O2S. The minimum Gasteiger partial charge on any atom is -0.326 e. The first kappa shape index (κ1) is 15.5. The molecule has 2 aliphatic heterocycles. The lowest BCUT2D eigenvalue weighted by Crippen LogP contribution is -2.41. The maximum absolute atomic E-state index is 13.2. The Kier molecular flexibility index (Phi) is 3.98. The third-order valence-electron chi connectivity index (χ3n) is 4.35. The number of rotatable bonds is 1. The number of amides is 2. The van der Waals surface area contributed by atoms with Gasteiger partial charge in [-0.15, -0.1) is 11.8 Å². The van der Waals surface area contributed by atoms with E-state index in [1.807, 2.05) is 42.5 Å². The van der Waals surface area contributed by atoms with Crippen LogP contribution in [0.25, 0.3) is 0 Å². The molecule has 4 rings (SSSR count). The van der Waals surface area contributed by atoms with Crippen molar-refractivity contribution in [2.45, 2.75) is 17.2 Å². The van der Waals surface area contributed by atoms with Gasteiger partial charge in [0, 0.05) is 34.3 Å². The van der Waals surface area contributed by atoms with Crippen LogP contribution >= 0.6 is 23.4 Å². The number of nitrogens with zero attached hydrogens (tertiary/aromatic N) is 1. The molecule has 4 nitrogen and oxygen atoms in total. The first-order valence-electron chi connectivity index (χ1n) is 7.76. The Balaban J connectivity index is 1.73. The molecule has 0 aromatic heterocycles. The molecule has 1 atom stereocenters. The van der Waals surface area contributed by atoms with E-state index in [1.54, 1.807) is 16.7 Å². The molecule has 0 aliphatic carbocycles. The highest BCUT2D eigenvalue weighted by Crippen LogP contribution is 2.40. The summed E-state index contributed by atoms with van der Waals surface area (Å²) in [5.41, 5.74) is 2.45. The largest absolute Gasteiger partial charge is 0.326 e. The van der Waals surface area contributed by atoms with Crippen LogP contribution < -0.4 is 10.2 Å². The summed E-state index contributed by atoms with van der Waals surface area (Å²) in [4.78, 5) is 28.1. The summed E-state index contributed by atoms with van der Waals surface area (Å²) in [5, 5.41) is 3.45. The summed E-state index contributed by atoms with van der Waals surface area (Å²) >= 11 is 7.84. The molecule has 2 aliphatic rings. The number of benzene rings is 2. The zero-order chi connectivity index (χ0) is 16.7. The van der Waals surface area contributed by atoms with E-state index in [4.69, 9.17) is 11.6 Å². The van der Waals surface area contributed by atoms with E-state index in [9.17, 15) is 9.59 Å². The SMILES string of the molecule is O=C1CC(C(=O)N2CCSc3ccc(Cl)cc32)c2ccccc2N1. The molecule has 2 aromatic rings. The zero-order valence-corrected chi connectivity index (χ0v) is 14.4. The van der Waals surface area contributed by atoms with Crippen molar-refractivity contribution in [3.8, 4) is 0 Å². The van der Waals surface area contributed by atoms with Gasteiger partial charge in [-0.05, 0) is 29.8 Å². The summed E-state index contributed by atoms with van der Waals surface area (Å²) in [6, 6.07) is 13.1. The minimum absolute atomic E-state index is 0.0406. The first-order chi connectivity index (χ1) is 11.6. The Morgan fingerprint density at radius 3 is 2.96 bits per heavy atom. The quantitative estimate of drug-likeness (QED) is 0.841.